The predicted octanol–water partition coefficient (Wildman–Crippen LogP) is 5.42. The molecule has 3 aliphatic carbocycles. The number of halogens is 2. The first kappa shape index (κ1) is 31.1. The monoisotopic (exact) mass is 627 g/mol. The number of hydroxylamine groups is 1. The minimum absolute atomic E-state index is 0.127. The van der Waals surface area contributed by atoms with Crippen molar-refractivity contribution >= 4 is 57.6 Å². The third-order valence-corrected chi connectivity index (χ3v) is 9.93. The maximum Gasteiger partial charge on any atom is 0.262 e. The molecule has 2 aromatic carbocycles. The van der Waals surface area contributed by atoms with Gasteiger partial charge in [-0.1, -0.05) is 50.0 Å². The summed E-state index contributed by atoms with van der Waals surface area (Å²) in [5.74, 6) is 2.24. The molecule has 3 N–H and O–H groups in total. The summed E-state index contributed by atoms with van der Waals surface area (Å²) in [5, 5.41) is 6.31. The van der Waals surface area contributed by atoms with Gasteiger partial charge in [-0.25, -0.2) is 15.0 Å². The Balaban J connectivity index is 1.44. The summed E-state index contributed by atoms with van der Waals surface area (Å²) in [4.78, 5) is 40.7. The van der Waals surface area contributed by atoms with Gasteiger partial charge in [0.05, 0.1) is 24.1 Å². The van der Waals surface area contributed by atoms with E-state index in [1.165, 1.54) is 25.5 Å². The summed E-state index contributed by atoms with van der Waals surface area (Å²) in [6.45, 7) is 8.75. The smallest absolute Gasteiger partial charge is 0.262 e. The summed E-state index contributed by atoms with van der Waals surface area (Å²) < 4.78 is 1.58. The number of anilines is 2. The van der Waals surface area contributed by atoms with Gasteiger partial charge in [-0.3, -0.25) is 29.8 Å². The van der Waals surface area contributed by atoms with Gasteiger partial charge < -0.3 is 5.32 Å². The van der Waals surface area contributed by atoms with Crippen molar-refractivity contribution in [2.75, 3.05) is 24.5 Å². The van der Waals surface area contributed by atoms with E-state index in [1.54, 1.807) is 41.9 Å². The molecule has 1 aromatic heterocycles. The first-order valence-corrected chi connectivity index (χ1v) is 15.3. The Hall–Kier alpha value is -3.34. The van der Waals surface area contributed by atoms with Crippen molar-refractivity contribution in [3.63, 3.8) is 0 Å². The van der Waals surface area contributed by atoms with Crippen LogP contribution in [0.15, 0.2) is 46.2 Å². The minimum atomic E-state index is -0.233. The number of nitrogens with zero attached hydrogens (tertiary/aromatic N) is 4. The van der Waals surface area contributed by atoms with Gasteiger partial charge in [0, 0.05) is 36.2 Å². The van der Waals surface area contributed by atoms with Gasteiger partial charge >= 0.3 is 0 Å². The lowest BCUT2D eigenvalue weighted by Crippen LogP contribution is -2.57. The zero-order valence-corrected chi connectivity index (χ0v) is 26.9. The molecule has 0 radical (unpaired) electrons. The van der Waals surface area contributed by atoms with Crippen molar-refractivity contribution in [1.29, 1.82) is 0 Å². The number of carbonyl (C=O) groups excluding carboxylic acids is 1. The summed E-state index contributed by atoms with van der Waals surface area (Å²) >= 11 is 12.4. The summed E-state index contributed by atoms with van der Waals surface area (Å²) in [6.07, 6.45) is 2.76. The Morgan fingerprint density at radius 3 is 2.60 bits per heavy atom. The molecule has 0 unspecified atom stereocenters. The SMILES string of the molecule is CON(C)c1nc2cc(NC(=N[C@H]3C[C@@H]4C[C@H]([C@@H]3C)C4(C)C)NNC(C)=O)ccc2c(=O)n1CCc1ccc(Cl)cc1Cl. The summed E-state index contributed by atoms with van der Waals surface area (Å²) in [6, 6.07) is 10.8. The van der Waals surface area contributed by atoms with E-state index < -0.39 is 0 Å². The van der Waals surface area contributed by atoms with E-state index in [9.17, 15) is 9.59 Å². The fraction of sp³-hybridized carbons (Fsp3) is 0.484. The van der Waals surface area contributed by atoms with Gasteiger partial charge in [-0.15, -0.1) is 0 Å². The molecule has 43 heavy (non-hydrogen) atoms. The topological polar surface area (TPSA) is 113 Å². The van der Waals surface area contributed by atoms with Crippen molar-refractivity contribution in [3.05, 3.63) is 62.4 Å². The molecule has 10 nitrogen and oxygen atoms in total. The molecule has 1 heterocycles. The number of aromatic nitrogens is 2. The highest BCUT2D eigenvalue weighted by atomic mass is 35.5. The number of hydrogen-bond acceptors (Lipinski definition) is 6. The Morgan fingerprint density at radius 2 is 1.95 bits per heavy atom. The molecular weight excluding hydrogens is 589 g/mol. The van der Waals surface area contributed by atoms with Crippen molar-refractivity contribution in [2.45, 2.75) is 59.5 Å². The van der Waals surface area contributed by atoms with Gasteiger partial charge in [0.2, 0.25) is 17.8 Å². The second-order valence-electron chi connectivity index (χ2n) is 12.2. The van der Waals surface area contributed by atoms with Crippen LogP contribution in [-0.4, -0.2) is 41.6 Å². The van der Waals surface area contributed by atoms with Crippen LogP contribution in [0.2, 0.25) is 10.0 Å². The standard InChI is InChI=1S/C31H39Cl2N7O3/c1-17-24-13-20(31(24,3)4)14-26(17)35-29(38-37-18(2)41)34-22-9-10-23-27(16-22)36-30(39(5)43-6)40(28(23)42)12-11-19-7-8-21(32)15-25(19)33/h7-10,15-17,20,24,26H,11-14H2,1-6H3,(H,37,41)(H2,34,35,38)/t17-,20-,24+,26-/m0/s1. The van der Waals surface area contributed by atoms with Crippen LogP contribution in [0.25, 0.3) is 10.9 Å². The molecule has 2 bridgehead atoms. The first-order valence-electron chi connectivity index (χ1n) is 14.5. The maximum atomic E-state index is 13.7. The zero-order valence-electron chi connectivity index (χ0n) is 25.4. The number of carbonyl (C=O) groups is 1. The number of fused-ring (bicyclic) bond motifs is 3. The van der Waals surface area contributed by atoms with E-state index in [0.717, 1.165) is 12.0 Å². The van der Waals surface area contributed by atoms with E-state index in [0.29, 0.717) is 74.7 Å². The maximum absolute atomic E-state index is 13.7. The molecule has 4 atom stereocenters. The van der Waals surface area contributed by atoms with E-state index in [2.05, 4.69) is 36.9 Å². The lowest BCUT2D eigenvalue weighted by Gasteiger charge is -2.61. The number of rotatable bonds is 7. The summed E-state index contributed by atoms with van der Waals surface area (Å²) in [5.41, 5.74) is 7.74. The Bertz CT molecular complexity index is 1620. The molecule has 0 spiro atoms. The van der Waals surface area contributed by atoms with Gasteiger partial charge in [0.15, 0.2) is 0 Å². The normalized spacial score (nSPS) is 22.6. The molecule has 1 amide bonds. The van der Waals surface area contributed by atoms with Crippen LogP contribution in [-0.2, 0) is 22.6 Å². The largest absolute Gasteiger partial charge is 0.325 e. The number of amides is 1. The van der Waals surface area contributed by atoms with Gasteiger partial charge in [0.1, 0.15) is 0 Å². The molecule has 3 fully saturated rings. The van der Waals surface area contributed by atoms with Crippen LogP contribution in [0.4, 0.5) is 11.6 Å². The molecule has 3 aromatic rings. The molecule has 0 aliphatic heterocycles. The summed E-state index contributed by atoms with van der Waals surface area (Å²) in [7, 11) is 3.21. The highest BCUT2D eigenvalue weighted by Crippen LogP contribution is 2.61. The molecular formula is C31H39Cl2N7O3. The van der Waals surface area contributed by atoms with Crippen LogP contribution in [0, 0.1) is 23.2 Å². The number of aliphatic imine (C=N–C) groups is 1. The van der Waals surface area contributed by atoms with Crippen LogP contribution < -0.4 is 26.8 Å². The van der Waals surface area contributed by atoms with Crippen LogP contribution >= 0.6 is 23.2 Å². The fourth-order valence-corrected chi connectivity index (χ4v) is 7.11. The average molecular weight is 629 g/mol. The van der Waals surface area contributed by atoms with Crippen LogP contribution in [0.5, 0.6) is 0 Å². The third kappa shape index (κ3) is 6.32. The Kier molecular flexibility index (Phi) is 8.92. The number of benzene rings is 2. The molecule has 0 saturated heterocycles. The van der Waals surface area contributed by atoms with Crippen molar-refractivity contribution in [3.8, 4) is 0 Å². The number of nitrogens with one attached hydrogen (secondary N) is 3. The van der Waals surface area contributed by atoms with E-state index in [4.69, 9.17) is 38.0 Å². The molecule has 230 valence electrons. The Morgan fingerprint density at radius 1 is 1.19 bits per heavy atom. The van der Waals surface area contributed by atoms with Crippen molar-refractivity contribution < 1.29 is 9.63 Å². The highest BCUT2D eigenvalue weighted by molar-refractivity contribution is 6.35. The molecule has 6 rings (SSSR count). The fourth-order valence-electron chi connectivity index (χ4n) is 6.61. The molecule has 3 aliphatic rings. The first-order chi connectivity index (χ1) is 20.4. The number of hydrazine groups is 1. The number of hydrogen-bond donors (Lipinski definition) is 3. The Labute approximate surface area is 261 Å². The lowest BCUT2D eigenvalue weighted by atomic mass is 9.45. The van der Waals surface area contributed by atoms with E-state index >= 15 is 0 Å². The van der Waals surface area contributed by atoms with Gasteiger partial charge in [-0.05, 0) is 78.3 Å². The molecule has 3 saturated carbocycles. The van der Waals surface area contributed by atoms with E-state index in [1.807, 2.05) is 6.07 Å². The van der Waals surface area contributed by atoms with Crippen LogP contribution in [0.1, 0.15) is 46.1 Å². The zero-order chi connectivity index (χ0) is 31.1. The third-order valence-electron chi connectivity index (χ3n) is 9.34. The highest BCUT2D eigenvalue weighted by Gasteiger charge is 2.56. The second kappa shape index (κ2) is 12.3. The molecule has 12 heteroatoms. The van der Waals surface area contributed by atoms with Crippen molar-refractivity contribution in [2.24, 2.45) is 28.2 Å². The minimum Gasteiger partial charge on any atom is -0.325 e. The lowest BCUT2D eigenvalue weighted by molar-refractivity contribution is -0.119. The van der Waals surface area contributed by atoms with E-state index in [-0.39, 0.29) is 17.5 Å². The second-order valence-corrected chi connectivity index (χ2v) is 13.0. The average Bonchev–Trinajstić information content (AvgIpc) is 2.96. The number of guanidine groups is 1. The van der Waals surface area contributed by atoms with Gasteiger partial charge in [0.25, 0.3) is 5.56 Å². The number of aryl methyl sites for hydroxylation is 1. The van der Waals surface area contributed by atoms with Crippen LogP contribution in [0.3, 0.4) is 0 Å². The van der Waals surface area contributed by atoms with Gasteiger partial charge in [-0.2, -0.15) is 0 Å². The van der Waals surface area contributed by atoms with Crippen molar-refractivity contribution in [1.82, 2.24) is 20.4 Å². The quantitative estimate of drug-likeness (QED) is 0.182. The predicted molar refractivity (Wildman–Crippen MR) is 173 cm³/mol.